The van der Waals surface area contributed by atoms with E-state index in [0.29, 0.717) is 25.9 Å². The maximum Gasteiger partial charge on any atom is 0.309 e. The lowest BCUT2D eigenvalue weighted by Crippen LogP contribution is -2.55. The van der Waals surface area contributed by atoms with Gasteiger partial charge in [-0.05, 0) is 19.3 Å². The summed E-state index contributed by atoms with van der Waals surface area (Å²) in [7, 11) is 0. The second-order valence-electron chi connectivity index (χ2n) is 5.62. The van der Waals surface area contributed by atoms with Gasteiger partial charge in [0.05, 0.1) is 11.5 Å². The highest BCUT2D eigenvalue weighted by Gasteiger charge is 2.51. The van der Waals surface area contributed by atoms with Gasteiger partial charge in [0.1, 0.15) is 5.01 Å². The van der Waals surface area contributed by atoms with Crippen LogP contribution in [-0.2, 0) is 16.0 Å². The Kier molecular flexibility index (Phi) is 3.56. The third-order valence-electron chi connectivity index (χ3n) is 4.43. The fraction of sp³-hybridized carbons (Fsp3) is 0.692. The summed E-state index contributed by atoms with van der Waals surface area (Å²) in [6, 6.07) is 0. The number of amides is 1. The van der Waals surface area contributed by atoms with E-state index in [1.54, 1.807) is 11.3 Å². The van der Waals surface area contributed by atoms with Gasteiger partial charge in [0.25, 0.3) is 0 Å². The van der Waals surface area contributed by atoms with Gasteiger partial charge in [-0.25, -0.2) is 0 Å². The Morgan fingerprint density at radius 3 is 2.76 bits per heavy atom. The van der Waals surface area contributed by atoms with Crippen LogP contribution in [0.5, 0.6) is 0 Å². The van der Waals surface area contributed by atoms with Crippen LogP contribution >= 0.6 is 11.3 Å². The van der Waals surface area contributed by atoms with Gasteiger partial charge in [-0.2, -0.15) is 0 Å². The van der Waals surface area contributed by atoms with Crippen LogP contribution in [0.4, 0.5) is 5.13 Å². The Bertz CT molecular complexity index is 566. The molecule has 21 heavy (non-hydrogen) atoms. The van der Waals surface area contributed by atoms with E-state index in [9.17, 15) is 14.7 Å². The quantitative estimate of drug-likeness (QED) is 0.851. The van der Waals surface area contributed by atoms with Crippen LogP contribution < -0.4 is 10.2 Å². The van der Waals surface area contributed by atoms with Crippen LogP contribution in [0.3, 0.4) is 0 Å². The summed E-state index contributed by atoms with van der Waals surface area (Å²) in [5.74, 6) is -1.65. The molecule has 0 saturated carbocycles. The predicted octanol–water partition coefficient (Wildman–Crippen LogP) is 0.660. The largest absolute Gasteiger partial charge is 0.481 e. The van der Waals surface area contributed by atoms with Crippen molar-refractivity contribution in [3.05, 3.63) is 5.01 Å². The number of hydrogen-bond donors (Lipinski definition) is 2. The Hall–Kier alpha value is -1.70. The van der Waals surface area contributed by atoms with E-state index in [2.05, 4.69) is 20.4 Å². The lowest BCUT2D eigenvalue weighted by molar-refractivity contribution is -0.144. The second kappa shape index (κ2) is 5.25. The summed E-state index contributed by atoms with van der Waals surface area (Å²) in [5, 5.41) is 22.4. The van der Waals surface area contributed by atoms with Crippen LogP contribution in [0.15, 0.2) is 0 Å². The van der Waals surface area contributed by atoms with Crippen molar-refractivity contribution in [2.24, 2.45) is 5.92 Å². The lowest BCUT2D eigenvalue weighted by Gasteiger charge is -2.41. The fourth-order valence-electron chi connectivity index (χ4n) is 3.21. The Morgan fingerprint density at radius 1 is 1.48 bits per heavy atom. The number of aliphatic carboxylic acids is 1. The van der Waals surface area contributed by atoms with Crippen molar-refractivity contribution in [3.8, 4) is 0 Å². The van der Waals surface area contributed by atoms with Crippen molar-refractivity contribution in [3.63, 3.8) is 0 Å². The van der Waals surface area contributed by atoms with E-state index in [1.807, 2.05) is 6.92 Å². The van der Waals surface area contributed by atoms with E-state index < -0.39 is 17.4 Å². The number of nitrogens with zero attached hydrogens (tertiary/aromatic N) is 3. The summed E-state index contributed by atoms with van der Waals surface area (Å²) < 4.78 is 0. The number of nitrogens with one attached hydrogen (secondary N) is 1. The van der Waals surface area contributed by atoms with Crippen molar-refractivity contribution in [1.29, 1.82) is 0 Å². The van der Waals surface area contributed by atoms with E-state index in [1.165, 1.54) is 0 Å². The summed E-state index contributed by atoms with van der Waals surface area (Å²) >= 11 is 1.58. The molecule has 2 aliphatic rings. The van der Waals surface area contributed by atoms with Gasteiger partial charge < -0.3 is 15.3 Å². The van der Waals surface area contributed by atoms with Crippen molar-refractivity contribution in [2.75, 3.05) is 18.0 Å². The average molecular weight is 310 g/mol. The highest BCUT2D eigenvalue weighted by atomic mass is 32.1. The molecule has 2 saturated heterocycles. The molecule has 3 heterocycles. The van der Waals surface area contributed by atoms with Crippen molar-refractivity contribution < 1.29 is 14.7 Å². The first-order valence-electron chi connectivity index (χ1n) is 7.15. The molecule has 1 unspecified atom stereocenters. The van der Waals surface area contributed by atoms with Crippen LogP contribution in [0.1, 0.15) is 31.2 Å². The molecule has 2 fully saturated rings. The zero-order chi connectivity index (χ0) is 15.0. The van der Waals surface area contributed by atoms with Gasteiger partial charge in [-0.3, -0.25) is 9.59 Å². The number of carboxylic acids is 1. The number of carboxylic acid groups (broad SMARTS) is 1. The van der Waals surface area contributed by atoms with Crippen molar-refractivity contribution >= 4 is 28.3 Å². The molecule has 1 aromatic heterocycles. The van der Waals surface area contributed by atoms with Crippen molar-refractivity contribution in [2.45, 2.75) is 38.1 Å². The van der Waals surface area contributed by atoms with Crippen LogP contribution in [0, 0.1) is 5.92 Å². The van der Waals surface area contributed by atoms with Gasteiger partial charge in [-0.15, -0.1) is 10.2 Å². The molecule has 1 spiro atoms. The standard InChI is InChI=1S/C13H18N4O3S/c1-2-10-15-16-12(21-10)17-5-3-13(4-6-17)8(11(19)20)7-9(18)14-13/h8H,2-7H2,1H3,(H,14,18)(H,19,20). The van der Waals surface area contributed by atoms with Crippen LogP contribution in [0.25, 0.3) is 0 Å². The monoisotopic (exact) mass is 310 g/mol. The first-order valence-corrected chi connectivity index (χ1v) is 7.97. The number of anilines is 1. The smallest absolute Gasteiger partial charge is 0.309 e. The summed E-state index contributed by atoms with van der Waals surface area (Å²) in [4.78, 5) is 25.1. The average Bonchev–Trinajstić information content (AvgIpc) is 3.05. The minimum Gasteiger partial charge on any atom is -0.481 e. The van der Waals surface area contributed by atoms with E-state index in [0.717, 1.165) is 16.6 Å². The highest BCUT2D eigenvalue weighted by Crippen LogP contribution is 2.38. The maximum atomic E-state index is 11.6. The first-order chi connectivity index (χ1) is 10.0. The third-order valence-corrected chi connectivity index (χ3v) is 5.56. The molecule has 1 amide bonds. The van der Waals surface area contributed by atoms with Gasteiger partial charge >= 0.3 is 5.97 Å². The molecule has 114 valence electrons. The molecule has 2 aliphatic heterocycles. The molecule has 0 radical (unpaired) electrons. The highest BCUT2D eigenvalue weighted by molar-refractivity contribution is 7.15. The zero-order valence-electron chi connectivity index (χ0n) is 11.8. The molecular weight excluding hydrogens is 292 g/mol. The molecule has 0 bridgehead atoms. The molecule has 7 nitrogen and oxygen atoms in total. The zero-order valence-corrected chi connectivity index (χ0v) is 12.7. The van der Waals surface area contributed by atoms with Crippen LogP contribution in [0.2, 0.25) is 0 Å². The number of aromatic nitrogens is 2. The number of hydrogen-bond acceptors (Lipinski definition) is 6. The normalized spacial score (nSPS) is 24.3. The first kappa shape index (κ1) is 14.2. The van der Waals surface area contributed by atoms with E-state index >= 15 is 0 Å². The number of aryl methyl sites for hydroxylation is 1. The summed E-state index contributed by atoms with van der Waals surface area (Å²) in [5.41, 5.74) is -0.586. The molecule has 0 aromatic carbocycles. The fourth-order valence-corrected chi connectivity index (χ4v) is 4.04. The van der Waals surface area contributed by atoms with Gasteiger partial charge in [0, 0.05) is 19.5 Å². The molecule has 1 aromatic rings. The summed E-state index contributed by atoms with van der Waals surface area (Å²) in [6.45, 7) is 3.44. The molecule has 3 rings (SSSR count). The second-order valence-corrected chi connectivity index (χ2v) is 6.66. The number of carbonyl (C=O) groups is 2. The minimum atomic E-state index is -0.883. The molecular formula is C13H18N4O3S. The summed E-state index contributed by atoms with van der Waals surface area (Å²) in [6.07, 6.45) is 2.23. The maximum absolute atomic E-state index is 11.6. The lowest BCUT2D eigenvalue weighted by atomic mass is 9.78. The van der Waals surface area contributed by atoms with Gasteiger partial charge in [-0.1, -0.05) is 18.3 Å². The van der Waals surface area contributed by atoms with Crippen molar-refractivity contribution in [1.82, 2.24) is 15.5 Å². The van der Waals surface area contributed by atoms with E-state index in [4.69, 9.17) is 0 Å². The SMILES string of the molecule is CCc1nnc(N2CCC3(CC2)NC(=O)CC3C(=O)O)s1. The topological polar surface area (TPSA) is 95.4 Å². The van der Waals surface area contributed by atoms with E-state index in [-0.39, 0.29) is 12.3 Å². The van der Waals surface area contributed by atoms with Gasteiger partial charge in [0.15, 0.2) is 0 Å². The Morgan fingerprint density at radius 2 is 2.19 bits per heavy atom. The molecule has 1 atom stereocenters. The molecule has 2 N–H and O–H groups in total. The van der Waals surface area contributed by atoms with Gasteiger partial charge in [0.2, 0.25) is 11.0 Å². The Labute approximate surface area is 126 Å². The third kappa shape index (κ3) is 2.48. The molecule has 0 aliphatic carbocycles. The number of carbonyl (C=O) groups excluding carboxylic acids is 1. The Balaban J connectivity index is 1.72. The minimum absolute atomic E-state index is 0.0914. The number of rotatable bonds is 3. The number of piperidine rings is 1. The molecule has 8 heteroatoms. The van der Waals surface area contributed by atoms with Crippen LogP contribution in [-0.4, -0.2) is 45.8 Å². The predicted molar refractivity (Wildman–Crippen MR) is 77.4 cm³/mol.